The van der Waals surface area contributed by atoms with Crippen LogP contribution in [0.3, 0.4) is 0 Å². The standard InChI is InChI=1S/C13H21NO3/c1-14(2)8-9-17-10-13(15)11-4-6-12(16-3)7-5-11/h4-7,13,15H,8-10H2,1-3H3. The molecule has 1 N–H and O–H groups in total. The fourth-order valence-electron chi connectivity index (χ4n) is 1.36. The summed E-state index contributed by atoms with van der Waals surface area (Å²) >= 11 is 0. The second kappa shape index (κ2) is 7.27. The maximum atomic E-state index is 9.87. The van der Waals surface area contributed by atoms with Crippen molar-refractivity contribution in [1.29, 1.82) is 0 Å². The molecule has 96 valence electrons. The number of hydrogen-bond donors (Lipinski definition) is 1. The van der Waals surface area contributed by atoms with E-state index in [-0.39, 0.29) is 0 Å². The maximum absolute atomic E-state index is 9.87. The van der Waals surface area contributed by atoms with Crippen molar-refractivity contribution in [1.82, 2.24) is 4.90 Å². The van der Waals surface area contributed by atoms with E-state index >= 15 is 0 Å². The van der Waals surface area contributed by atoms with Gasteiger partial charge in [-0.05, 0) is 31.8 Å². The Morgan fingerprint density at radius 2 is 1.88 bits per heavy atom. The fourth-order valence-corrected chi connectivity index (χ4v) is 1.36. The van der Waals surface area contributed by atoms with Crippen LogP contribution in [0.2, 0.25) is 0 Å². The first-order chi connectivity index (χ1) is 8.13. The van der Waals surface area contributed by atoms with Gasteiger partial charge in [-0.25, -0.2) is 0 Å². The Balaban J connectivity index is 2.33. The van der Waals surface area contributed by atoms with E-state index in [1.807, 2.05) is 43.3 Å². The van der Waals surface area contributed by atoms with Gasteiger partial charge in [-0.3, -0.25) is 0 Å². The number of hydrogen-bond acceptors (Lipinski definition) is 4. The Labute approximate surface area is 103 Å². The molecule has 1 atom stereocenters. The minimum Gasteiger partial charge on any atom is -0.497 e. The van der Waals surface area contributed by atoms with Crippen LogP contribution in [0.5, 0.6) is 5.75 Å². The van der Waals surface area contributed by atoms with Crippen molar-refractivity contribution in [2.24, 2.45) is 0 Å². The molecule has 17 heavy (non-hydrogen) atoms. The quantitative estimate of drug-likeness (QED) is 0.728. The number of aliphatic hydroxyl groups excluding tert-OH is 1. The van der Waals surface area contributed by atoms with Crippen molar-refractivity contribution in [2.75, 3.05) is 41.0 Å². The van der Waals surface area contributed by atoms with Gasteiger partial charge >= 0.3 is 0 Å². The molecule has 0 saturated carbocycles. The highest BCUT2D eigenvalue weighted by atomic mass is 16.5. The molecule has 4 nitrogen and oxygen atoms in total. The lowest BCUT2D eigenvalue weighted by Gasteiger charge is -2.14. The lowest BCUT2D eigenvalue weighted by Crippen LogP contribution is -2.19. The molecule has 1 aromatic carbocycles. The van der Waals surface area contributed by atoms with E-state index in [2.05, 4.69) is 0 Å². The molecule has 0 heterocycles. The third-order valence-corrected chi connectivity index (χ3v) is 2.46. The zero-order valence-electron chi connectivity index (χ0n) is 10.7. The Bertz CT molecular complexity index is 311. The van der Waals surface area contributed by atoms with Crippen molar-refractivity contribution in [2.45, 2.75) is 6.10 Å². The number of benzene rings is 1. The monoisotopic (exact) mass is 239 g/mol. The average Bonchev–Trinajstić information content (AvgIpc) is 2.34. The van der Waals surface area contributed by atoms with Gasteiger partial charge in [0, 0.05) is 6.54 Å². The summed E-state index contributed by atoms with van der Waals surface area (Å²) in [5.74, 6) is 0.787. The molecule has 0 amide bonds. The van der Waals surface area contributed by atoms with E-state index in [4.69, 9.17) is 9.47 Å². The van der Waals surface area contributed by atoms with Crippen LogP contribution in [0.25, 0.3) is 0 Å². The van der Waals surface area contributed by atoms with Gasteiger partial charge in [0.1, 0.15) is 11.9 Å². The molecule has 0 spiro atoms. The molecule has 1 rings (SSSR count). The van der Waals surface area contributed by atoms with E-state index in [1.54, 1.807) is 7.11 Å². The van der Waals surface area contributed by atoms with E-state index in [1.165, 1.54) is 0 Å². The highest BCUT2D eigenvalue weighted by molar-refractivity contribution is 5.28. The first-order valence-corrected chi connectivity index (χ1v) is 5.68. The number of nitrogens with zero attached hydrogens (tertiary/aromatic N) is 1. The number of methoxy groups -OCH3 is 1. The molecule has 0 aliphatic carbocycles. The van der Waals surface area contributed by atoms with Crippen LogP contribution >= 0.6 is 0 Å². The number of likely N-dealkylation sites (N-methyl/N-ethyl adjacent to an activating group) is 1. The van der Waals surface area contributed by atoms with E-state index in [9.17, 15) is 5.11 Å². The molecule has 4 heteroatoms. The summed E-state index contributed by atoms with van der Waals surface area (Å²) in [6.07, 6.45) is -0.580. The normalized spacial score (nSPS) is 12.8. The van der Waals surface area contributed by atoms with E-state index in [0.717, 1.165) is 17.9 Å². The van der Waals surface area contributed by atoms with Crippen LogP contribution < -0.4 is 4.74 Å². The van der Waals surface area contributed by atoms with Gasteiger partial charge in [0.05, 0.1) is 20.3 Å². The summed E-state index contributed by atoms with van der Waals surface area (Å²) < 4.78 is 10.4. The van der Waals surface area contributed by atoms with Gasteiger partial charge in [-0.15, -0.1) is 0 Å². The zero-order valence-corrected chi connectivity index (χ0v) is 10.7. The van der Waals surface area contributed by atoms with Gasteiger partial charge in [-0.2, -0.15) is 0 Å². The highest BCUT2D eigenvalue weighted by Crippen LogP contribution is 2.17. The van der Waals surface area contributed by atoms with Crippen molar-refractivity contribution >= 4 is 0 Å². The summed E-state index contributed by atoms with van der Waals surface area (Å²) in [5.41, 5.74) is 0.843. The molecule has 0 aromatic heterocycles. The van der Waals surface area contributed by atoms with E-state index in [0.29, 0.717) is 13.2 Å². The lowest BCUT2D eigenvalue weighted by atomic mass is 10.1. The highest BCUT2D eigenvalue weighted by Gasteiger charge is 2.07. The van der Waals surface area contributed by atoms with Crippen molar-refractivity contribution in [3.63, 3.8) is 0 Å². The number of ether oxygens (including phenoxy) is 2. The molecule has 1 unspecified atom stereocenters. The van der Waals surface area contributed by atoms with Crippen LogP contribution in [0.1, 0.15) is 11.7 Å². The first-order valence-electron chi connectivity index (χ1n) is 5.68. The third-order valence-electron chi connectivity index (χ3n) is 2.46. The van der Waals surface area contributed by atoms with Crippen LogP contribution in [0.4, 0.5) is 0 Å². The van der Waals surface area contributed by atoms with E-state index < -0.39 is 6.10 Å². The van der Waals surface area contributed by atoms with Gasteiger partial charge in [0.25, 0.3) is 0 Å². The third kappa shape index (κ3) is 5.17. The second-order valence-electron chi connectivity index (χ2n) is 4.17. The summed E-state index contributed by atoms with van der Waals surface area (Å²) in [7, 11) is 5.60. The largest absolute Gasteiger partial charge is 0.497 e. The maximum Gasteiger partial charge on any atom is 0.118 e. The SMILES string of the molecule is COc1ccc(C(O)COCCN(C)C)cc1. The fraction of sp³-hybridized carbons (Fsp3) is 0.538. The smallest absolute Gasteiger partial charge is 0.118 e. The predicted octanol–water partition coefficient (Wildman–Crippen LogP) is 1.31. The summed E-state index contributed by atoms with van der Waals surface area (Å²) in [6, 6.07) is 7.36. The molecule has 0 aliphatic heterocycles. The predicted molar refractivity (Wildman–Crippen MR) is 67.3 cm³/mol. The van der Waals surface area contributed by atoms with Crippen molar-refractivity contribution in [3.8, 4) is 5.75 Å². The Morgan fingerprint density at radius 3 is 2.41 bits per heavy atom. The van der Waals surface area contributed by atoms with Crippen LogP contribution in [-0.4, -0.2) is 51.0 Å². The van der Waals surface area contributed by atoms with Gasteiger partial charge < -0.3 is 19.5 Å². The summed E-state index contributed by atoms with van der Waals surface area (Å²) in [5, 5.41) is 9.87. The molecule has 0 fully saturated rings. The number of aliphatic hydroxyl groups is 1. The van der Waals surface area contributed by atoms with Gasteiger partial charge in [0.2, 0.25) is 0 Å². The topological polar surface area (TPSA) is 41.9 Å². The second-order valence-corrected chi connectivity index (χ2v) is 4.17. The van der Waals surface area contributed by atoms with Gasteiger partial charge in [-0.1, -0.05) is 12.1 Å². The van der Waals surface area contributed by atoms with Crippen LogP contribution in [0.15, 0.2) is 24.3 Å². The van der Waals surface area contributed by atoms with Crippen LogP contribution in [0, 0.1) is 0 Å². The Hall–Kier alpha value is -1.10. The summed E-state index contributed by atoms with van der Waals surface area (Å²) in [6.45, 7) is 1.80. The average molecular weight is 239 g/mol. The van der Waals surface area contributed by atoms with Crippen molar-refractivity contribution in [3.05, 3.63) is 29.8 Å². The first kappa shape index (κ1) is 14.0. The molecule has 0 bridgehead atoms. The zero-order chi connectivity index (χ0) is 12.7. The Morgan fingerprint density at radius 1 is 1.24 bits per heavy atom. The minimum absolute atomic E-state index is 0.320. The van der Waals surface area contributed by atoms with Crippen molar-refractivity contribution < 1.29 is 14.6 Å². The molecule has 0 saturated heterocycles. The lowest BCUT2D eigenvalue weighted by molar-refractivity contribution is 0.0306. The molecule has 1 aromatic rings. The molecular formula is C13H21NO3. The van der Waals surface area contributed by atoms with Crippen LogP contribution in [-0.2, 0) is 4.74 Å². The summed E-state index contributed by atoms with van der Waals surface area (Å²) in [4.78, 5) is 2.04. The molecule has 0 radical (unpaired) electrons. The Kier molecular flexibility index (Phi) is 5.97. The number of rotatable bonds is 7. The van der Waals surface area contributed by atoms with Gasteiger partial charge in [0.15, 0.2) is 0 Å². The molecular weight excluding hydrogens is 218 g/mol. The molecule has 0 aliphatic rings. The minimum atomic E-state index is -0.580.